The zero-order valence-electron chi connectivity index (χ0n) is 16.9. The fourth-order valence-corrected chi connectivity index (χ4v) is 4.05. The van der Waals surface area contributed by atoms with E-state index in [1.807, 2.05) is 56.7 Å². The van der Waals surface area contributed by atoms with E-state index in [0.717, 1.165) is 10.6 Å². The Morgan fingerprint density at radius 2 is 2.00 bits per heavy atom. The molecule has 0 fully saturated rings. The molecule has 1 amide bonds. The summed E-state index contributed by atoms with van der Waals surface area (Å²) in [6, 6.07) is 7.42. The molecule has 8 nitrogen and oxygen atoms in total. The van der Waals surface area contributed by atoms with Gasteiger partial charge < -0.3 is 19.4 Å². The number of aryl methyl sites for hydroxylation is 2. The van der Waals surface area contributed by atoms with Gasteiger partial charge in [-0.1, -0.05) is 23.9 Å². The minimum absolute atomic E-state index is 0.126. The molecule has 2 aromatic heterocycles. The van der Waals surface area contributed by atoms with E-state index in [-0.39, 0.29) is 17.8 Å². The third-order valence-electron chi connectivity index (χ3n) is 4.26. The fraction of sp³-hybridized carbons (Fsp3) is 0.368. The third kappa shape index (κ3) is 5.07. The molecule has 0 spiro atoms. The number of para-hydroxylation sites is 2. The Bertz CT molecular complexity index is 982. The van der Waals surface area contributed by atoms with Crippen molar-refractivity contribution in [3.8, 4) is 11.5 Å². The van der Waals surface area contributed by atoms with Crippen LogP contribution < -0.4 is 14.8 Å². The zero-order valence-corrected chi connectivity index (χ0v) is 18.6. The van der Waals surface area contributed by atoms with Crippen LogP contribution in [0.2, 0.25) is 0 Å². The van der Waals surface area contributed by atoms with Crippen molar-refractivity contribution in [1.82, 2.24) is 19.7 Å². The van der Waals surface area contributed by atoms with Gasteiger partial charge in [-0.3, -0.25) is 4.79 Å². The standard InChI is InChI=1S/C19H23N5O3S2/c1-11-12(2)28-18(20-11)21-17(25)13(3)29-19-23-22-16(24(19)4)10-27-15-9-7-6-8-14(15)26-5/h6-9,13H,10H2,1-5H3,(H,20,21,25)/t13-/m0/s1. The van der Waals surface area contributed by atoms with E-state index in [2.05, 4.69) is 20.5 Å². The van der Waals surface area contributed by atoms with Crippen molar-refractivity contribution >= 4 is 34.1 Å². The second kappa shape index (κ2) is 9.27. The third-order valence-corrected chi connectivity index (χ3v) is 6.38. The number of carbonyl (C=O) groups is 1. The van der Waals surface area contributed by atoms with Crippen LogP contribution in [0.5, 0.6) is 11.5 Å². The molecule has 0 aliphatic heterocycles. The maximum absolute atomic E-state index is 12.5. The van der Waals surface area contributed by atoms with Crippen LogP contribution in [-0.2, 0) is 18.4 Å². The number of nitrogens with one attached hydrogen (secondary N) is 1. The van der Waals surface area contributed by atoms with Crippen LogP contribution in [0.15, 0.2) is 29.4 Å². The van der Waals surface area contributed by atoms with Crippen LogP contribution >= 0.6 is 23.1 Å². The Balaban J connectivity index is 1.60. The van der Waals surface area contributed by atoms with Gasteiger partial charge in [0.25, 0.3) is 0 Å². The summed E-state index contributed by atoms with van der Waals surface area (Å²) >= 11 is 2.80. The molecule has 2 heterocycles. The molecule has 0 unspecified atom stereocenters. The van der Waals surface area contributed by atoms with E-state index in [1.165, 1.54) is 23.1 Å². The van der Waals surface area contributed by atoms with Gasteiger partial charge in [-0.25, -0.2) is 4.98 Å². The topological polar surface area (TPSA) is 91.2 Å². The smallest absolute Gasteiger partial charge is 0.239 e. The van der Waals surface area contributed by atoms with Crippen molar-refractivity contribution in [2.75, 3.05) is 12.4 Å². The molecule has 0 saturated carbocycles. The summed E-state index contributed by atoms with van der Waals surface area (Å²) in [7, 11) is 3.45. The number of nitrogens with zero attached hydrogens (tertiary/aromatic N) is 4. The molecule has 10 heteroatoms. The number of thioether (sulfide) groups is 1. The molecule has 3 rings (SSSR count). The number of ether oxygens (including phenoxy) is 2. The van der Waals surface area contributed by atoms with E-state index in [4.69, 9.17) is 9.47 Å². The average Bonchev–Trinajstić information content (AvgIpc) is 3.21. The molecule has 29 heavy (non-hydrogen) atoms. The van der Waals surface area contributed by atoms with Gasteiger partial charge in [0.05, 0.1) is 18.1 Å². The first-order valence-corrected chi connectivity index (χ1v) is 10.6. The summed E-state index contributed by atoms with van der Waals surface area (Å²) < 4.78 is 12.9. The number of methoxy groups -OCH3 is 1. The Hall–Kier alpha value is -2.59. The lowest BCUT2D eigenvalue weighted by molar-refractivity contribution is -0.115. The lowest BCUT2D eigenvalue weighted by Gasteiger charge is -2.11. The normalized spacial score (nSPS) is 11.9. The van der Waals surface area contributed by atoms with Crippen molar-refractivity contribution in [2.24, 2.45) is 7.05 Å². The van der Waals surface area contributed by atoms with E-state index >= 15 is 0 Å². The molecule has 3 aromatic rings. The largest absolute Gasteiger partial charge is 0.493 e. The SMILES string of the molecule is COc1ccccc1OCc1nnc(S[C@@H](C)C(=O)Nc2nc(C)c(C)s2)n1C. The van der Waals surface area contributed by atoms with Crippen LogP contribution in [0.3, 0.4) is 0 Å². The van der Waals surface area contributed by atoms with E-state index < -0.39 is 0 Å². The lowest BCUT2D eigenvalue weighted by atomic mass is 10.3. The summed E-state index contributed by atoms with van der Waals surface area (Å²) in [6.45, 7) is 5.97. The Labute approximate surface area is 177 Å². The van der Waals surface area contributed by atoms with Crippen LogP contribution in [0.4, 0.5) is 5.13 Å². The van der Waals surface area contributed by atoms with Gasteiger partial charge in [0, 0.05) is 11.9 Å². The van der Waals surface area contributed by atoms with Crippen molar-refractivity contribution < 1.29 is 14.3 Å². The second-order valence-electron chi connectivity index (χ2n) is 6.31. The molecular weight excluding hydrogens is 410 g/mol. The molecular formula is C19H23N5O3S2. The molecule has 0 aliphatic carbocycles. The van der Waals surface area contributed by atoms with Crippen molar-refractivity contribution in [3.63, 3.8) is 0 Å². The summed E-state index contributed by atoms with van der Waals surface area (Å²) in [5, 5.41) is 12.1. The van der Waals surface area contributed by atoms with Gasteiger partial charge in [-0.15, -0.1) is 21.5 Å². The Morgan fingerprint density at radius 1 is 1.28 bits per heavy atom. The van der Waals surface area contributed by atoms with Gasteiger partial charge in [-0.2, -0.15) is 0 Å². The van der Waals surface area contributed by atoms with E-state index in [0.29, 0.717) is 27.6 Å². The van der Waals surface area contributed by atoms with Gasteiger partial charge in [0.2, 0.25) is 5.91 Å². The number of carbonyl (C=O) groups excluding carboxylic acids is 1. The number of hydrogen-bond acceptors (Lipinski definition) is 8. The molecule has 1 atom stereocenters. The monoisotopic (exact) mass is 433 g/mol. The van der Waals surface area contributed by atoms with Crippen molar-refractivity contribution in [2.45, 2.75) is 37.8 Å². The minimum Gasteiger partial charge on any atom is -0.493 e. The first-order chi connectivity index (χ1) is 13.9. The summed E-state index contributed by atoms with van der Waals surface area (Å²) in [6.07, 6.45) is 0. The zero-order chi connectivity index (χ0) is 21.0. The Kier molecular flexibility index (Phi) is 6.75. The minimum atomic E-state index is -0.356. The van der Waals surface area contributed by atoms with Gasteiger partial charge in [0.1, 0.15) is 6.61 Å². The predicted octanol–water partition coefficient (Wildman–Crippen LogP) is 3.60. The summed E-state index contributed by atoms with van der Waals surface area (Å²) in [5.41, 5.74) is 0.929. The average molecular weight is 434 g/mol. The number of benzene rings is 1. The number of thiazole rings is 1. The van der Waals surface area contributed by atoms with Gasteiger partial charge >= 0.3 is 0 Å². The number of rotatable bonds is 8. The summed E-state index contributed by atoms with van der Waals surface area (Å²) in [5.74, 6) is 1.81. The molecule has 154 valence electrons. The molecule has 1 aromatic carbocycles. The fourth-order valence-electron chi connectivity index (χ4n) is 2.40. The van der Waals surface area contributed by atoms with Crippen molar-refractivity contribution in [3.05, 3.63) is 40.7 Å². The lowest BCUT2D eigenvalue weighted by Crippen LogP contribution is -2.22. The highest BCUT2D eigenvalue weighted by Gasteiger charge is 2.20. The quantitative estimate of drug-likeness (QED) is 0.543. The number of amides is 1. The highest BCUT2D eigenvalue weighted by atomic mass is 32.2. The molecule has 0 aliphatic rings. The molecule has 0 bridgehead atoms. The highest BCUT2D eigenvalue weighted by molar-refractivity contribution is 8.00. The van der Waals surface area contributed by atoms with Crippen molar-refractivity contribution in [1.29, 1.82) is 0 Å². The van der Waals surface area contributed by atoms with Crippen LogP contribution in [0.25, 0.3) is 0 Å². The van der Waals surface area contributed by atoms with Crippen LogP contribution in [0, 0.1) is 13.8 Å². The maximum atomic E-state index is 12.5. The molecule has 0 saturated heterocycles. The van der Waals surface area contributed by atoms with Crippen LogP contribution in [-0.4, -0.2) is 38.0 Å². The number of aromatic nitrogens is 4. The number of hydrogen-bond donors (Lipinski definition) is 1. The van der Waals surface area contributed by atoms with Gasteiger partial charge in [-0.05, 0) is 32.9 Å². The highest BCUT2D eigenvalue weighted by Crippen LogP contribution is 2.28. The molecule has 1 N–H and O–H groups in total. The maximum Gasteiger partial charge on any atom is 0.239 e. The van der Waals surface area contributed by atoms with E-state index in [1.54, 1.807) is 7.11 Å². The predicted molar refractivity (Wildman–Crippen MR) is 114 cm³/mol. The first-order valence-electron chi connectivity index (χ1n) is 8.94. The summed E-state index contributed by atoms with van der Waals surface area (Å²) in [4.78, 5) is 17.9. The van der Waals surface area contributed by atoms with Crippen LogP contribution in [0.1, 0.15) is 23.3 Å². The Morgan fingerprint density at radius 3 is 2.66 bits per heavy atom. The van der Waals surface area contributed by atoms with Gasteiger partial charge in [0.15, 0.2) is 27.6 Å². The molecule has 0 radical (unpaired) electrons. The first kappa shape index (κ1) is 21.1. The number of anilines is 1. The second-order valence-corrected chi connectivity index (χ2v) is 8.82. The van der Waals surface area contributed by atoms with E-state index in [9.17, 15) is 4.79 Å².